The second-order valence-corrected chi connectivity index (χ2v) is 5.11. The molecule has 0 bridgehead atoms. The zero-order chi connectivity index (χ0) is 17.7. The third-order valence-corrected chi connectivity index (χ3v) is 3.24. The Balaban J connectivity index is 6.27. The topological polar surface area (TPSA) is 72.2 Å². The average molecular weight is 364 g/mol. The summed E-state index contributed by atoms with van der Waals surface area (Å²) < 4.78 is 156. The molecule has 4 nitrogen and oxygen atoms in total. The predicted octanol–water partition coefficient (Wildman–Crippen LogP) is 1.84. The van der Waals surface area contributed by atoms with E-state index in [1.165, 1.54) is 0 Å². The van der Waals surface area contributed by atoms with Gasteiger partial charge >= 0.3 is 29.2 Å². The summed E-state index contributed by atoms with van der Waals surface area (Å²) in [6.07, 6.45) is -7.37. The van der Waals surface area contributed by atoms with E-state index in [0.717, 1.165) is 0 Å². The third kappa shape index (κ3) is 2.52. The van der Waals surface area contributed by atoms with Crippen LogP contribution in [0.15, 0.2) is 0 Å². The summed E-state index contributed by atoms with van der Waals surface area (Å²) in [5.74, 6) is -19.3. The van der Waals surface area contributed by atoms with Crippen molar-refractivity contribution in [3.63, 3.8) is 0 Å². The van der Waals surface area contributed by atoms with Gasteiger partial charge in [0.2, 0.25) is 0 Å². The Kier molecular flexibility index (Phi) is 4.60. The fourth-order valence-corrected chi connectivity index (χ4v) is 1.41. The van der Waals surface area contributed by atoms with Gasteiger partial charge in [0.15, 0.2) is 0 Å². The van der Waals surface area contributed by atoms with E-state index in [1.54, 1.807) is 0 Å². The van der Waals surface area contributed by atoms with Crippen LogP contribution in [-0.4, -0.2) is 37.6 Å². The highest BCUT2D eigenvalue weighted by atomic mass is 32.2. The smallest absolute Gasteiger partial charge is 0.258 e. The number of sulfonamides is 1. The lowest BCUT2D eigenvalue weighted by Gasteiger charge is -2.36. The predicted molar refractivity (Wildman–Crippen MR) is 42.1 cm³/mol. The van der Waals surface area contributed by atoms with E-state index in [-0.39, 0.29) is 4.83 Å². The van der Waals surface area contributed by atoms with Crippen LogP contribution in [0.5, 0.6) is 0 Å². The highest BCUT2D eigenvalue weighted by molar-refractivity contribution is 7.90. The summed E-state index contributed by atoms with van der Waals surface area (Å²) >= 11 is 0. The van der Waals surface area contributed by atoms with Crippen molar-refractivity contribution < 1.29 is 56.7 Å². The first-order valence-corrected chi connectivity index (χ1v) is 5.59. The van der Waals surface area contributed by atoms with E-state index in [0.29, 0.717) is 0 Å². The molecule has 0 rings (SSSR count). The van der Waals surface area contributed by atoms with Gasteiger partial charge in [-0.2, -0.15) is 48.3 Å². The molecule has 21 heavy (non-hydrogen) atoms. The Morgan fingerprint density at radius 1 is 0.667 bits per heavy atom. The molecule has 0 aliphatic heterocycles. The number of nitrogens with one attached hydrogen (secondary N) is 1. The Morgan fingerprint density at radius 3 is 1.24 bits per heavy atom. The number of alkyl halides is 11. The Labute approximate surface area is 108 Å². The van der Waals surface area contributed by atoms with Gasteiger partial charge in [-0.3, -0.25) is 5.84 Å². The second-order valence-electron chi connectivity index (χ2n) is 3.36. The molecule has 0 atom stereocenters. The van der Waals surface area contributed by atoms with Crippen LogP contribution in [0.4, 0.5) is 48.3 Å². The summed E-state index contributed by atoms with van der Waals surface area (Å²) in [5, 5.41) is -7.08. The number of rotatable bonds is 5. The summed E-state index contributed by atoms with van der Waals surface area (Å²) in [5.41, 5.74) is 0. The standard InChI is InChI=1S/C5H3F11N2O2S/c6-1(7,2(8,9)4(12,13)14)3(10,11)5(15,16)21(19,20)18-17/h18H,17H2. The quantitative estimate of drug-likeness (QED) is 0.444. The van der Waals surface area contributed by atoms with E-state index < -0.39 is 39.2 Å². The molecule has 0 saturated carbocycles. The van der Waals surface area contributed by atoms with Crippen molar-refractivity contribution in [3.05, 3.63) is 0 Å². The third-order valence-electron chi connectivity index (χ3n) is 2.00. The van der Waals surface area contributed by atoms with Gasteiger partial charge in [0.1, 0.15) is 0 Å². The van der Waals surface area contributed by atoms with Crippen LogP contribution >= 0.6 is 0 Å². The number of hydrogen-bond acceptors (Lipinski definition) is 3. The molecule has 0 aliphatic carbocycles. The van der Waals surface area contributed by atoms with Crippen molar-refractivity contribution in [2.45, 2.75) is 29.2 Å². The normalized spacial score (nSPS) is 16.2. The maximum Gasteiger partial charge on any atom is 0.460 e. The highest BCUT2D eigenvalue weighted by Crippen LogP contribution is 2.58. The molecule has 3 N–H and O–H groups in total. The molecule has 0 radical (unpaired) electrons. The van der Waals surface area contributed by atoms with Crippen LogP contribution in [0.25, 0.3) is 0 Å². The van der Waals surface area contributed by atoms with Gasteiger partial charge in [-0.1, -0.05) is 0 Å². The maximum absolute atomic E-state index is 12.7. The zero-order valence-electron chi connectivity index (χ0n) is 8.96. The van der Waals surface area contributed by atoms with E-state index in [4.69, 9.17) is 0 Å². The van der Waals surface area contributed by atoms with Gasteiger partial charge in [-0.05, 0) is 0 Å². The molecule has 0 saturated heterocycles. The van der Waals surface area contributed by atoms with Gasteiger partial charge in [0.25, 0.3) is 10.0 Å². The fraction of sp³-hybridized carbons (Fsp3) is 1.00. The molecule has 128 valence electrons. The SMILES string of the molecule is NNS(=O)(=O)C(F)(F)C(F)(F)C(F)(F)C(F)(F)C(F)(F)F. The molecule has 0 aliphatic rings. The summed E-state index contributed by atoms with van der Waals surface area (Å²) in [4.78, 5) is -0.0673. The molecule has 0 aromatic carbocycles. The van der Waals surface area contributed by atoms with E-state index >= 15 is 0 Å². The van der Waals surface area contributed by atoms with Gasteiger partial charge in [0.05, 0.1) is 0 Å². The molecular weight excluding hydrogens is 361 g/mol. The summed E-state index contributed by atoms with van der Waals surface area (Å²) in [6, 6.07) is 0. The molecule has 0 heterocycles. The van der Waals surface area contributed by atoms with Crippen molar-refractivity contribution in [3.8, 4) is 0 Å². The molecule has 16 heteroatoms. The van der Waals surface area contributed by atoms with Crippen molar-refractivity contribution in [2.24, 2.45) is 5.84 Å². The van der Waals surface area contributed by atoms with Crippen LogP contribution in [0.1, 0.15) is 0 Å². The van der Waals surface area contributed by atoms with E-state index in [9.17, 15) is 56.7 Å². The first-order valence-electron chi connectivity index (χ1n) is 4.11. The number of hydrogen-bond donors (Lipinski definition) is 2. The molecular formula is C5H3F11N2O2S. The average Bonchev–Trinajstić information content (AvgIpc) is 2.26. The van der Waals surface area contributed by atoms with Crippen LogP contribution in [0, 0.1) is 0 Å². The molecule has 0 spiro atoms. The number of halogens is 11. The van der Waals surface area contributed by atoms with Crippen LogP contribution < -0.4 is 10.7 Å². The molecule has 0 fully saturated rings. The van der Waals surface area contributed by atoms with Crippen molar-refractivity contribution in [1.29, 1.82) is 0 Å². The second kappa shape index (κ2) is 4.80. The fourth-order valence-electron chi connectivity index (χ4n) is 0.801. The molecule has 0 aromatic heterocycles. The van der Waals surface area contributed by atoms with Gasteiger partial charge in [-0.25, -0.2) is 8.42 Å². The van der Waals surface area contributed by atoms with Crippen LogP contribution in [0.2, 0.25) is 0 Å². The Hall–Kier alpha value is -0.900. The summed E-state index contributed by atoms with van der Waals surface area (Å²) in [7, 11) is -6.88. The molecule has 0 amide bonds. The minimum absolute atomic E-state index is 0.0673. The first-order chi connectivity index (χ1) is 8.81. The highest BCUT2D eigenvalue weighted by Gasteiger charge is 2.89. The summed E-state index contributed by atoms with van der Waals surface area (Å²) in [6.45, 7) is 0. The largest absolute Gasteiger partial charge is 0.460 e. The zero-order valence-corrected chi connectivity index (χ0v) is 9.78. The molecule has 0 unspecified atom stereocenters. The minimum Gasteiger partial charge on any atom is -0.258 e. The Morgan fingerprint density at radius 2 is 1.00 bits per heavy atom. The lowest BCUT2D eigenvalue weighted by molar-refractivity contribution is -0.413. The molecule has 0 aromatic rings. The first kappa shape index (κ1) is 20.1. The van der Waals surface area contributed by atoms with Crippen molar-refractivity contribution >= 4 is 10.0 Å². The lowest BCUT2D eigenvalue weighted by atomic mass is 10.0. The van der Waals surface area contributed by atoms with Crippen molar-refractivity contribution in [2.75, 3.05) is 0 Å². The van der Waals surface area contributed by atoms with Gasteiger partial charge in [0, 0.05) is 0 Å². The van der Waals surface area contributed by atoms with Gasteiger partial charge < -0.3 is 0 Å². The monoisotopic (exact) mass is 364 g/mol. The number of nitrogens with two attached hydrogens (primary N) is 1. The number of hydrazine groups is 1. The maximum atomic E-state index is 12.7. The van der Waals surface area contributed by atoms with Crippen LogP contribution in [0.3, 0.4) is 0 Å². The van der Waals surface area contributed by atoms with Gasteiger partial charge in [-0.15, -0.1) is 4.83 Å². The van der Waals surface area contributed by atoms with Crippen LogP contribution in [-0.2, 0) is 10.0 Å². The Bertz CT molecular complexity index is 495. The van der Waals surface area contributed by atoms with Crippen molar-refractivity contribution in [1.82, 2.24) is 4.83 Å². The minimum atomic E-state index is -7.80. The van der Waals surface area contributed by atoms with E-state index in [2.05, 4.69) is 5.84 Å². The lowest BCUT2D eigenvalue weighted by Crippen LogP contribution is -2.69. The van der Waals surface area contributed by atoms with E-state index in [1.807, 2.05) is 0 Å².